The highest BCUT2D eigenvalue weighted by Crippen LogP contribution is 2.17. The number of ether oxygens (including phenoxy) is 3. The van der Waals surface area contributed by atoms with Gasteiger partial charge < -0.3 is 24.6 Å². The largest absolute Gasteiger partial charge is 0.479 e. The molecule has 2 atom stereocenters. The number of carboxylic acid groups (broad SMARTS) is 1. The van der Waals surface area contributed by atoms with Crippen LogP contribution < -0.4 is 10.1 Å². The number of ketones is 1. The van der Waals surface area contributed by atoms with Crippen molar-refractivity contribution < 1.29 is 33.7 Å². The maximum absolute atomic E-state index is 12.4. The van der Waals surface area contributed by atoms with Gasteiger partial charge in [-0.2, -0.15) is 0 Å². The molecule has 1 rings (SSSR count). The van der Waals surface area contributed by atoms with Crippen molar-refractivity contribution in [3.8, 4) is 5.75 Å². The molecule has 0 heterocycles. The summed E-state index contributed by atoms with van der Waals surface area (Å²) in [4.78, 5) is 35.4. The van der Waals surface area contributed by atoms with E-state index >= 15 is 0 Å². The van der Waals surface area contributed by atoms with Crippen molar-refractivity contribution in [2.45, 2.75) is 51.9 Å². The maximum Gasteiger partial charge on any atom is 0.408 e. The zero-order valence-corrected chi connectivity index (χ0v) is 16.3. The standard InChI is InChI=1S/C19H27NO7/c1-12(20-18(24)27-19(2,3)4)16(21)13-6-8-14(9-7-13)26-15(17(22)23)10-11-25-5/h6-9,12,15H,10-11H2,1-5H3,(H,20,24)(H,22,23). The van der Waals surface area contributed by atoms with E-state index in [0.29, 0.717) is 11.3 Å². The SMILES string of the molecule is COCCC(Oc1ccc(C(=O)C(C)NC(=O)OC(C)(C)C)cc1)C(=O)O. The number of hydrogen-bond acceptors (Lipinski definition) is 6. The molecule has 0 bridgehead atoms. The lowest BCUT2D eigenvalue weighted by molar-refractivity contribution is -0.145. The van der Waals surface area contributed by atoms with Crippen LogP contribution in [0.1, 0.15) is 44.5 Å². The van der Waals surface area contributed by atoms with E-state index in [-0.39, 0.29) is 18.8 Å². The predicted molar refractivity (Wildman–Crippen MR) is 98.1 cm³/mol. The zero-order valence-electron chi connectivity index (χ0n) is 16.3. The fourth-order valence-electron chi connectivity index (χ4n) is 2.12. The minimum absolute atomic E-state index is 0.198. The summed E-state index contributed by atoms with van der Waals surface area (Å²) >= 11 is 0. The third kappa shape index (κ3) is 8.08. The van der Waals surface area contributed by atoms with Crippen molar-refractivity contribution in [2.24, 2.45) is 0 Å². The number of carbonyl (C=O) groups excluding carboxylic acids is 2. The molecular formula is C19H27NO7. The molecule has 150 valence electrons. The van der Waals surface area contributed by atoms with Crippen molar-refractivity contribution >= 4 is 17.8 Å². The molecule has 2 N–H and O–H groups in total. The normalized spacial score (nSPS) is 13.4. The molecule has 2 unspecified atom stereocenters. The highest BCUT2D eigenvalue weighted by atomic mass is 16.6. The summed E-state index contributed by atoms with van der Waals surface area (Å²) in [6.07, 6.45) is -1.52. The van der Waals surface area contributed by atoms with Crippen LogP contribution in [0.15, 0.2) is 24.3 Å². The monoisotopic (exact) mass is 381 g/mol. The van der Waals surface area contributed by atoms with Crippen LogP contribution in [0.25, 0.3) is 0 Å². The first-order valence-electron chi connectivity index (χ1n) is 8.55. The topological polar surface area (TPSA) is 111 Å². The van der Waals surface area contributed by atoms with Gasteiger partial charge in [-0.1, -0.05) is 0 Å². The van der Waals surface area contributed by atoms with Gasteiger partial charge in [0.1, 0.15) is 11.4 Å². The Morgan fingerprint density at radius 2 is 1.74 bits per heavy atom. The van der Waals surface area contributed by atoms with Gasteiger partial charge in [-0.3, -0.25) is 4.79 Å². The molecule has 1 amide bonds. The van der Waals surface area contributed by atoms with Crippen LogP contribution in [0.2, 0.25) is 0 Å². The lowest BCUT2D eigenvalue weighted by atomic mass is 10.1. The van der Waals surface area contributed by atoms with E-state index in [9.17, 15) is 14.4 Å². The third-order valence-corrected chi connectivity index (χ3v) is 3.40. The van der Waals surface area contributed by atoms with E-state index in [4.69, 9.17) is 19.3 Å². The van der Waals surface area contributed by atoms with Crippen LogP contribution in [0.3, 0.4) is 0 Å². The van der Waals surface area contributed by atoms with Crippen LogP contribution in [0, 0.1) is 0 Å². The fraction of sp³-hybridized carbons (Fsp3) is 0.526. The molecule has 0 aliphatic carbocycles. The number of methoxy groups -OCH3 is 1. The lowest BCUT2D eigenvalue weighted by Gasteiger charge is -2.21. The molecular weight excluding hydrogens is 354 g/mol. The summed E-state index contributed by atoms with van der Waals surface area (Å²) in [5.41, 5.74) is -0.301. The second-order valence-electron chi connectivity index (χ2n) is 6.98. The number of rotatable bonds is 9. The van der Waals surface area contributed by atoms with E-state index in [0.717, 1.165) is 0 Å². The van der Waals surface area contributed by atoms with E-state index < -0.39 is 29.8 Å². The maximum atomic E-state index is 12.4. The average Bonchev–Trinajstić information content (AvgIpc) is 2.56. The molecule has 0 aliphatic heterocycles. The number of carboxylic acids is 1. The van der Waals surface area contributed by atoms with Gasteiger partial charge in [-0.25, -0.2) is 9.59 Å². The molecule has 27 heavy (non-hydrogen) atoms. The quantitative estimate of drug-likeness (QED) is 0.633. The van der Waals surface area contributed by atoms with Gasteiger partial charge in [0.15, 0.2) is 11.9 Å². The molecule has 0 saturated heterocycles. The smallest absolute Gasteiger partial charge is 0.408 e. The van der Waals surface area contributed by atoms with Gasteiger partial charge in [0.05, 0.1) is 12.6 Å². The number of aliphatic carboxylic acids is 1. The summed E-state index contributed by atoms with van der Waals surface area (Å²) in [7, 11) is 1.48. The van der Waals surface area contributed by atoms with Crippen molar-refractivity contribution in [3.05, 3.63) is 29.8 Å². The van der Waals surface area contributed by atoms with E-state index in [1.807, 2.05) is 0 Å². The number of amides is 1. The van der Waals surface area contributed by atoms with Crippen molar-refractivity contribution in [1.82, 2.24) is 5.32 Å². The van der Waals surface area contributed by atoms with Gasteiger partial charge in [0.25, 0.3) is 0 Å². The second-order valence-corrected chi connectivity index (χ2v) is 6.98. The molecule has 0 aromatic heterocycles. The third-order valence-electron chi connectivity index (χ3n) is 3.40. The van der Waals surface area contributed by atoms with Gasteiger partial charge >= 0.3 is 12.1 Å². The molecule has 8 nitrogen and oxygen atoms in total. The molecule has 8 heteroatoms. The summed E-state index contributed by atoms with van der Waals surface area (Å²) in [6, 6.07) is 5.27. The summed E-state index contributed by atoms with van der Waals surface area (Å²) in [6.45, 7) is 7.00. The lowest BCUT2D eigenvalue weighted by Crippen LogP contribution is -2.41. The second kappa shape index (κ2) is 9.91. The van der Waals surface area contributed by atoms with Gasteiger partial charge in [-0.15, -0.1) is 0 Å². The Hall–Kier alpha value is -2.61. The Morgan fingerprint density at radius 3 is 2.22 bits per heavy atom. The molecule has 0 saturated carbocycles. The Kier molecular flexibility index (Phi) is 8.24. The van der Waals surface area contributed by atoms with Gasteiger partial charge in [0.2, 0.25) is 0 Å². The first-order chi connectivity index (χ1) is 12.5. The molecule has 1 aromatic rings. The number of alkyl carbamates (subject to hydrolysis) is 1. The summed E-state index contributed by atoms with van der Waals surface area (Å²) in [5.74, 6) is -1.08. The molecule has 0 fully saturated rings. The van der Waals surface area contributed by atoms with Crippen molar-refractivity contribution in [3.63, 3.8) is 0 Å². The van der Waals surface area contributed by atoms with Crippen LogP contribution >= 0.6 is 0 Å². The number of nitrogens with one attached hydrogen (secondary N) is 1. The van der Waals surface area contributed by atoms with Crippen LogP contribution in [0.5, 0.6) is 5.75 Å². The van der Waals surface area contributed by atoms with E-state index in [2.05, 4.69) is 5.32 Å². The number of carbonyl (C=O) groups is 3. The molecule has 0 aliphatic rings. The van der Waals surface area contributed by atoms with E-state index in [1.165, 1.54) is 31.4 Å². The number of Topliss-reactive ketones (excluding diaryl/α,β-unsaturated/α-hetero) is 1. The highest BCUT2D eigenvalue weighted by Gasteiger charge is 2.22. The Labute approximate surface area is 158 Å². The van der Waals surface area contributed by atoms with E-state index in [1.54, 1.807) is 27.7 Å². The van der Waals surface area contributed by atoms with Crippen LogP contribution in [-0.4, -0.2) is 54.4 Å². The molecule has 0 radical (unpaired) electrons. The first-order valence-corrected chi connectivity index (χ1v) is 8.55. The fourth-order valence-corrected chi connectivity index (χ4v) is 2.12. The Balaban J connectivity index is 2.70. The minimum Gasteiger partial charge on any atom is -0.479 e. The van der Waals surface area contributed by atoms with Gasteiger partial charge in [0, 0.05) is 19.1 Å². The Bertz CT molecular complexity index is 649. The Morgan fingerprint density at radius 1 is 1.15 bits per heavy atom. The predicted octanol–water partition coefficient (Wildman–Crippen LogP) is 2.65. The zero-order chi connectivity index (χ0) is 20.6. The number of hydrogen-bond donors (Lipinski definition) is 2. The molecule has 1 aromatic carbocycles. The minimum atomic E-state index is -1.10. The number of benzene rings is 1. The van der Waals surface area contributed by atoms with Gasteiger partial charge in [-0.05, 0) is 52.0 Å². The van der Waals surface area contributed by atoms with Crippen LogP contribution in [0.4, 0.5) is 4.79 Å². The summed E-state index contributed by atoms with van der Waals surface area (Å²) < 4.78 is 15.4. The molecule has 0 spiro atoms. The first kappa shape index (κ1) is 22.4. The van der Waals surface area contributed by atoms with Crippen LogP contribution in [-0.2, 0) is 14.3 Å². The average molecular weight is 381 g/mol. The van der Waals surface area contributed by atoms with Crippen molar-refractivity contribution in [2.75, 3.05) is 13.7 Å². The van der Waals surface area contributed by atoms with Crippen molar-refractivity contribution in [1.29, 1.82) is 0 Å². The summed E-state index contributed by atoms with van der Waals surface area (Å²) in [5, 5.41) is 11.6. The highest BCUT2D eigenvalue weighted by molar-refractivity contribution is 6.01.